The number of pyridine rings is 1. The molecule has 3 aromatic heterocycles. The number of hydrogen-bond acceptors (Lipinski definition) is 4. The lowest BCUT2D eigenvalue weighted by Gasteiger charge is -2.24. The first-order chi connectivity index (χ1) is 10.7. The number of imidazole rings is 1. The molecule has 1 saturated heterocycles. The Balaban J connectivity index is 1.64. The Morgan fingerprint density at radius 2 is 2.18 bits per heavy atom. The van der Waals surface area contributed by atoms with Gasteiger partial charge in [0.05, 0.1) is 23.1 Å². The number of thiazole rings is 1. The Morgan fingerprint density at radius 1 is 1.27 bits per heavy atom. The van der Waals surface area contributed by atoms with E-state index in [4.69, 9.17) is 4.98 Å². The molecule has 5 heteroatoms. The van der Waals surface area contributed by atoms with Gasteiger partial charge in [-0.3, -0.25) is 14.3 Å². The van der Waals surface area contributed by atoms with Gasteiger partial charge >= 0.3 is 0 Å². The van der Waals surface area contributed by atoms with Crippen molar-refractivity contribution in [2.24, 2.45) is 0 Å². The molecule has 1 atom stereocenters. The summed E-state index contributed by atoms with van der Waals surface area (Å²) < 4.78 is 2.24. The second kappa shape index (κ2) is 5.48. The Bertz CT molecular complexity index is 804. The summed E-state index contributed by atoms with van der Waals surface area (Å²) in [4.78, 5) is 13.1. The van der Waals surface area contributed by atoms with Crippen LogP contribution in [0.25, 0.3) is 4.96 Å². The molecular formula is C17H20N4S. The van der Waals surface area contributed by atoms with Gasteiger partial charge < -0.3 is 0 Å². The second-order valence-electron chi connectivity index (χ2n) is 6.03. The zero-order valence-electron chi connectivity index (χ0n) is 13.0. The SMILES string of the molecule is Cc1cccc([C@@H]2CCCN2Cc2c(C)nc3sccn23)n1. The predicted molar refractivity (Wildman–Crippen MR) is 89.2 cm³/mol. The van der Waals surface area contributed by atoms with Crippen LogP contribution in [0.4, 0.5) is 0 Å². The smallest absolute Gasteiger partial charge is 0.194 e. The molecule has 4 nitrogen and oxygen atoms in total. The van der Waals surface area contributed by atoms with Crippen molar-refractivity contribution in [3.8, 4) is 0 Å². The molecule has 0 amide bonds. The third-order valence-electron chi connectivity index (χ3n) is 4.53. The van der Waals surface area contributed by atoms with Gasteiger partial charge in [0.2, 0.25) is 0 Å². The lowest BCUT2D eigenvalue weighted by Crippen LogP contribution is -2.24. The van der Waals surface area contributed by atoms with Crippen LogP contribution >= 0.6 is 11.3 Å². The molecular weight excluding hydrogens is 292 g/mol. The fourth-order valence-electron chi connectivity index (χ4n) is 3.42. The van der Waals surface area contributed by atoms with Gasteiger partial charge in [-0.1, -0.05) is 6.07 Å². The summed E-state index contributed by atoms with van der Waals surface area (Å²) >= 11 is 1.70. The standard InChI is InChI=1S/C17H20N4S/c1-12-5-3-6-14(18-12)15-7-4-8-20(15)11-16-13(2)19-17-21(16)9-10-22-17/h3,5-6,9-10,15H,4,7-8,11H2,1-2H3/t15-/m0/s1. The zero-order chi connectivity index (χ0) is 15.1. The van der Waals surface area contributed by atoms with E-state index in [0.717, 1.165) is 29.4 Å². The van der Waals surface area contributed by atoms with E-state index in [1.807, 2.05) is 0 Å². The van der Waals surface area contributed by atoms with E-state index in [1.165, 1.54) is 24.2 Å². The van der Waals surface area contributed by atoms with Crippen molar-refractivity contribution in [3.63, 3.8) is 0 Å². The molecule has 4 rings (SSSR count). The molecule has 1 aliphatic rings. The molecule has 0 bridgehead atoms. The molecule has 1 aliphatic heterocycles. The van der Waals surface area contributed by atoms with Crippen LogP contribution in [-0.4, -0.2) is 25.8 Å². The van der Waals surface area contributed by atoms with Crippen LogP contribution in [0.3, 0.4) is 0 Å². The van der Waals surface area contributed by atoms with E-state index in [1.54, 1.807) is 11.3 Å². The van der Waals surface area contributed by atoms with E-state index in [9.17, 15) is 0 Å². The topological polar surface area (TPSA) is 33.4 Å². The molecule has 114 valence electrons. The van der Waals surface area contributed by atoms with Crippen LogP contribution in [0.1, 0.15) is 41.7 Å². The van der Waals surface area contributed by atoms with Gasteiger partial charge in [0, 0.05) is 23.8 Å². The second-order valence-corrected chi connectivity index (χ2v) is 6.90. The van der Waals surface area contributed by atoms with Crippen LogP contribution in [-0.2, 0) is 6.54 Å². The molecule has 0 unspecified atom stereocenters. The normalized spacial score (nSPS) is 19.3. The average Bonchev–Trinajstić information content (AvgIpc) is 3.18. The van der Waals surface area contributed by atoms with Gasteiger partial charge in [0.25, 0.3) is 0 Å². The molecule has 0 aliphatic carbocycles. The molecule has 1 fully saturated rings. The van der Waals surface area contributed by atoms with Crippen molar-refractivity contribution < 1.29 is 0 Å². The Kier molecular flexibility index (Phi) is 3.47. The fraction of sp³-hybridized carbons (Fsp3) is 0.412. The first kappa shape index (κ1) is 13.9. The van der Waals surface area contributed by atoms with Crippen molar-refractivity contribution >= 4 is 16.3 Å². The van der Waals surface area contributed by atoms with Crippen molar-refractivity contribution in [2.45, 2.75) is 39.3 Å². The Labute approximate surface area is 134 Å². The quantitative estimate of drug-likeness (QED) is 0.738. The summed E-state index contributed by atoms with van der Waals surface area (Å²) in [6.07, 6.45) is 4.57. The van der Waals surface area contributed by atoms with Crippen LogP contribution in [0.2, 0.25) is 0 Å². The van der Waals surface area contributed by atoms with Crippen LogP contribution in [0.5, 0.6) is 0 Å². The number of aromatic nitrogens is 3. The number of rotatable bonds is 3. The molecule has 22 heavy (non-hydrogen) atoms. The van der Waals surface area contributed by atoms with Crippen LogP contribution in [0, 0.1) is 13.8 Å². The maximum Gasteiger partial charge on any atom is 0.194 e. The third kappa shape index (κ3) is 2.34. The molecule has 0 aromatic carbocycles. The van der Waals surface area contributed by atoms with Gasteiger partial charge in [-0.05, 0) is 45.4 Å². The van der Waals surface area contributed by atoms with Gasteiger partial charge in [0.15, 0.2) is 4.96 Å². The molecule has 4 heterocycles. The van der Waals surface area contributed by atoms with Crippen molar-refractivity contribution in [3.05, 3.63) is 52.6 Å². The fourth-order valence-corrected chi connectivity index (χ4v) is 4.20. The minimum atomic E-state index is 0.434. The summed E-state index contributed by atoms with van der Waals surface area (Å²) in [6, 6.07) is 6.79. The van der Waals surface area contributed by atoms with E-state index in [0.29, 0.717) is 6.04 Å². The predicted octanol–water partition coefficient (Wildman–Crippen LogP) is 3.74. The molecule has 0 N–H and O–H groups in total. The Hall–Kier alpha value is -1.72. The maximum absolute atomic E-state index is 4.75. The van der Waals surface area contributed by atoms with Gasteiger partial charge in [-0.15, -0.1) is 11.3 Å². The highest BCUT2D eigenvalue weighted by Crippen LogP contribution is 2.33. The van der Waals surface area contributed by atoms with Crippen molar-refractivity contribution in [2.75, 3.05) is 6.54 Å². The Morgan fingerprint density at radius 3 is 3.05 bits per heavy atom. The summed E-state index contributed by atoms with van der Waals surface area (Å²) in [6.45, 7) is 6.27. The van der Waals surface area contributed by atoms with Crippen LogP contribution in [0.15, 0.2) is 29.8 Å². The van der Waals surface area contributed by atoms with Crippen molar-refractivity contribution in [1.29, 1.82) is 0 Å². The highest BCUT2D eigenvalue weighted by Gasteiger charge is 2.28. The number of aryl methyl sites for hydroxylation is 2. The number of hydrogen-bond donors (Lipinski definition) is 0. The molecule has 3 aromatic rings. The largest absolute Gasteiger partial charge is 0.293 e. The van der Waals surface area contributed by atoms with Gasteiger partial charge in [0.1, 0.15) is 0 Å². The third-order valence-corrected chi connectivity index (χ3v) is 5.29. The first-order valence-electron chi connectivity index (χ1n) is 7.81. The summed E-state index contributed by atoms with van der Waals surface area (Å²) in [5.41, 5.74) is 4.77. The highest BCUT2D eigenvalue weighted by molar-refractivity contribution is 7.15. The highest BCUT2D eigenvalue weighted by atomic mass is 32.1. The van der Waals surface area contributed by atoms with E-state index >= 15 is 0 Å². The zero-order valence-corrected chi connectivity index (χ0v) is 13.8. The monoisotopic (exact) mass is 312 g/mol. The van der Waals surface area contributed by atoms with Gasteiger partial charge in [-0.25, -0.2) is 4.98 Å². The van der Waals surface area contributed by atoms with Crippen molar-refractivity contribution in [1.82, 2.24) is 19.3 Å². The first-order valence-corrected chi connectivity index (χ1v) is 8.69. The maximum atomic E-state index is 4.75. The number of likely N-dealkylation sites (tertiary alicyclic amines) is 1. The summed E-state index contributed by atoms with van der Waals surface area (Å²) in [5.74, 6) is 0. The van der Waals surface area contributed by atoms with E-state index in [-0.39, 0.29) is 0 Å². The van der Waals surface area contributed by atoms with Gasteiger partial charge in [-0.2, -0.15) is 0 Å². The number of fused-ring (bicyclic) bond motifs is 1. The average molecular weight is 312 g/mol. The summed E-state index contributed by atoms with van der Waals surface area (Å²) in [7, 11) is 0. The van der Waals surface area contributed by atoms with Crippen LogP contribution < -0.4 is 0 Å². The molecule has 0 saturated carbocycles. The molecule has 0 radical (unpaired) electrons. The molecule has 0 spiro atoms. The van der Waals surface area contributed by atoms with E-state index < -0.39 is 0 Å². The number of nitrogens with zero attached hydrogens (tertiary/aromatic N) is 4. The lowest BCUT2D eigenvalue weighted by atomic mass is 10.1. The van der Waals surface area contributed by atoms with E-state index in [2.05, 4.69) is 57.9 Å². The minimum Gasteiger partial charge on any atom is -0.293 e. The lowest BCUT2D eigenvalue weighted by molar-refractivity contribution is 0.240. The summed E-state index contributed by atoms with van der Waals surface area (Å²) in [5, 5.41) is 2.11. The minimum absolute atomic E-state index is 0.434.